The van der Waals surface area contributed by atoms with Gasteiger partial charge < -0.3 is 19.5 Å². The van der Waals surface area contributed by atoms with Gasteiger partial charge in [0, 0.05) is 19.5 Å². The van der Waals surface area contributed by atoms with Crippen molar-refractivity contribution >= 4 is 21.6 Å². The van der Waals surface area contributed by atoms with E-state index < -0.39 is 10.0 Å². The van der Waals surface area contributed by atoms with Crippen LogP contribution in [-0.4, -0.2) is 58.1 Å². The predicted octanol–water partition coefficient (Wildman–Crippen LogP) is 3.61. The molecular weight excluding hydrogens is 456 g/mol. The summed E-state index contributed by atoms with van der Waals surface area (Å²) in [5, 5.41) is 2.82. The molecule has 184 valence electrons. The van der Waals surface area contributed by atoms with Gasteiger partial charge >= 0.3 is 0 Å². The number of amides is 1. The number of morpholine rings is 1. The number of carbonyl (C=O) groups is 1. The molecule has 9 heteroatoms. The molecule has 0 unspecified atom stereocenters. The van der Waals surface area contributed by atoms with E-state index in [9.17, 15) is 13.2 Å². The zero-order chi connectivity index (χ0) is 24.0. The van der Waals surface area contributed by atoms with Gasteiger partial charge in [0.25, 0.3) is 0 Å². The number of hydrogen-bond donors (Lipinski definition) is 1. The Labute approximate surface area is 201 Å². The molecule has 2 aromatic carbocycles. The Kier molecular flexibility index (Phi) is 8.07. The van der Waals surface area contributed by atoms with E-state index in [4.69, 9.17) is 14.2 Å². The first-order valence-electron chi connectivity index (χ1n) is 11.8. The summed E-state index contributed by atoms with van der Waals surface area (Å²) in [7, 11) is -2.20. The van der Waals surface area contributed by atoms with Gasteiger partial charge in [0.05, 0.1) is 37.0 Å². The lowest BCUT2D eigenvalue weighted by molar-refractivity contribution is -0.116. The molecule has 2 fully saturated rings. The van der Waals surface area contributed by atoms with Crippen LogP contribution in [-0.2, 0) is 26.0 Å². The van der Waals surface area contributed by atoms with Gasteiger partial charge in [-0.2, -0.15) is 4.31 Å². The van der Waals surface area contributed by atoms with Crippen LogP contribution in [0.1, 0.15) is 37.7 Å². The van der Waals surface area contributed by atoms with Crippen LogP contribution >= 0.6 is 0 Å². The molecule has 8 nitrogen and oxygen atoms in total. The van der Waals surface area contributed by atoms with Gasteiger partial charge in [0.15, 0.2) is 0 Å². The molecule has 34 heavy (non-hydrogen) atoms. The number of anilines is 1. The number of nitrogens with zero attached hydrogens (tertiary/aromatic N) is 1. The Hall–Kier alpha value is -2.62. The number of aryl methyl sites for hydroxylation is 1. The number of ether oxygens (including phenoxy) is 3. The van der Waals surface area contributed by atoms with Crippen LogP contribution < -0.4 is 14.8 Å². The van der Waals surface area contributed by atoms with Crippen molar-refractivity contribution in [2.75, 3.05) is 38.7 Å². The fourth-order valence-electron chi connectivity index (χ4n) is 4.32. The minimum Gasteiger partial charge on any atom is -0.495 e. The van der Waals surface area contributed by atoms with Crippen LogP contribution in [0.5, 0.6) is 11.5 Å². The summed E-state index contributed by atoms with van der Waals surface area (Å²) < 4.78 is 44.0. The number of hydrogen-bond acceptors (Lipinski definition) is 6. The summed E-state index contributed by atoms with van der Waals surface area (Å²) >= 11 is 0. The maximum atomic E-state index is 13.0. The van der Waals surface area contributed by atoms with E-state index in [2.05, 4.69) is 5.32 Å². The second-order valence-corrected chi connectivity index (χ2v) is 10.5. The highest BCUT2D eigenvalue weighted by atomic mass is 32.2. The summed E-state index contributed by atoms with van der Waals surface area (Å²) in [6.45, 7) is 1.34. The third kappa shape index (κ3) is 6.08. The molecule has 1 N–H and O–H groups in total. The monoisotopic (exact) mass is 488 g/mol. The zero-order valence-electron chi connectivity index (χ0n) is 19.5. The SMILES string of the molecule is COc1ccc(S(=O)(=O)N2CCOCC2)cc1NC(=O)CCc1cccc(OC2CCCC2)c1. The van der Waals surface area contributed by atoms with E-state index in [0.29, 0.717) is 44.2 Å². The van der Waals surface area contributed by atoms with Crippen molar-refractivity contribution in [3.63, 3.8) is 0 Å². The fraction of sp³-hybridized carbons (Fsp3) is 0.480. The van der Waals surface area contributed by atoms with E-state index in [0.717, 1.165) is 24.2 Å². The van der Waals surface area contributed by atoms with E-state index in [1.165, 1.54) is 36.4 Å². The molecule has 0 atom stereocenters. The van der Waals surface area contributed by atoms with E-state index in [1.807, 2.05) is 24.3 Å². The summed E-state index contributed by atoms with van der Waals surface area (Å²) in [6.07, 6.45) is 5.68. The van der Waals surface area contributed by atoms with Crippen LogP contribution in [0.25, 0.3) is 0 Å². The number of methoxy groups -OCH3 is 1. The highest BCUT2D eigenvalue weighted by Gasteiger charge is 2.27. The number of nitrogens with one attached hydrogen (secondary N) is 1. The molecule has 0 bridgehead atoms. The fourth-order valence-corrected chi connectivity index (χ4v) is 5.76. The van der Waals surface area contributed by atoms with Crippen molar-refractivity contribution in [1.82, 2.24) is 4.31 Å². The first kappa shape index (κ1) is 24.5. The number of rotatable bonds is 9. The van der Waals surface area contributed by atoms with E-state index in [1.54, 1.807) is 6.07 Å². The zero-order valence-corrected chi connectivity index (χ0v) is 20.3. The molecule has 4 rings (SSSR count). The lowest BCUT2D eigenvalue weighted by Crippen LogP contribution is -2.40. The summed E-state index contributed by atoms with van der Waals surface area (Å²) in [6, 6.07) is 12.4. The smallest absolute Gasteiger partial charge is 0.243 e. The maximum absolute atomic E-state index is 13.0. The second-order valence-electron chi connectivity index (χ2n) is 8.60. The molecular formula is C25H32N2O6S. The minimum atomic E-state index is -3.68. The molecule has 1 heterocycles. The number of carbonyl (C=O) groups excluding carboxylic acids is 1. The molecule has 1 amide bonds. The Morgan fingerprint density at radius 1 is 1.12 bits per heavy atom. The van der Waals surface area contributed by atoms with Crippen molar-refractivity contribution in [2.45, 2.75) is 49.5 Å². The summed E-state index contributed by atoms with van der Waals surface area (Å²) in [4.78, 5) is 12.8. The van der Waals surface area contributed by atoms with Gasteiger partial charge in [-0.05, 0) is 68.0 Å². The first-order valence-corrected chi connectivity index (χ1v) is 13.2. The van der Waals surface area contributed by atoms with Crippen molar-refractivity contribution in [2.24, 2.45) is 0 Å². The Balaban J connectivity index is 1.40. The molecule has 0 spiro atoms. The highest BCUT2D eigenvalue weighted by Crippen LogP contribution is 2.30. The normalized spacial score (nSPS) is 17.4. The van der Waals surface area contributed by atoms with Gasteiger partial charge in [-0.15, -0.1) is 0 Å². The van der Waals surface area contributed by atoms with Gasteiger partial charge in [0.2, 0.25) is 15.9 Å². The van der Waals surface area contributed by atoms with E-state index >= 15 is 0 Å². The number of sulfonamides is 1. The third-order valence-electron chi connectivity index (χ3n) is 6.20. The van der Waals surface area contributed by atoms with Gasteiger partial charge in [-0.1, -0.05) is 12.1 Å². The first-order chi connectivity index (χ1) is 16.5. The molecule has 0 radical (unpaired) electrons. The molecule has 1 saturated heterocycles. The molecule has 1 saturated carbocycles. The predicted molar refractivity (Wildman–Crippen MR) is 129 cm³/mol. The Morgan fingerprint density at radius 2 is 1.88 bits per heavy atom. The van der Waals surface area contributed by atoms with Crippen molar-refractivity contribution in [3.8, 4) is 11.5 Å². The van der Waals surface area contributed by atoms with Gasteiger partial charge in [-0.25, -0.2) is 8.42 Å². The molecule has 2 aliphatic rings. The summed E-state index contributed by atoms with van der Waals surface area (Å²) in [5.41, 5.74) is 1.35. The average molecular weight is 489 g/mol. The topological polar surface area (TPSA) is 94.2 Å². The average Bonchev–Trinajstić information content (AvgIpc) is 3.36. The standard InChI is InChI=1S/C25H32N2O6S/c1-31-24-11-10-22(34(29,30)27-13-15-32-16-14-27)18-23(24)26-25(28)12-9-19-5-4-8-21(17-19)33-20-6-2-3-7-20/h4-5,8,10-11,17-18,20H,2-3,6-7,9,12-16H2,1H3,(H,26,28). The summed E-state index contributed by atoms with van der Waals surface area (Å²) in [5.74, 6) is 1.02. The quantitative estimate of drug-likeness (QED) is 0.580. The molecule has 1 aliphatic carbocycles. The van der Waals surface area contributed by atoms with Crippen LogP contribution in [0.15, 0.2) is 47.4 Å². The lowest BCUT2D eigenvalue weighted by Gasteiger charge is -2.26. The Bertz CT molecular complexity index is 1090. The molecule has 0 aromatic heterocycles. The van der Waals surface area contributed by atoms with Crippen molar-refractivity contribution < 1.29 is 27.4 Å². The van der Waals surface area contributed by atoms with Crippen LogP contribution in [0.4, 0.5) is 5.69 Å². The Morgan fingerprint density at radius 3 is 2.62 bits per heavy atom. The molecule has 1 aliphatic heterocycles. The van der Waals surface area contributed by atoms with Crippen LogP contribution in [0.2, 0.25) is 0 Å². The lowest BCUT2D eigenvalue weighted by atomic mass is 10.1. The highest BCUT2D eigenvalue weighted by molar-refractivity contribution is 7.89. The van der Waals surface area contributed by atoms with Crippen molar-refractivity contribution in [3.05, 3.63) is 48.0 Å². The largest absolute Gasteiger partial charge is 0.495 e. The third-order valence-corrected chi connectivity index (χ3v) is 8.09. The number of benzene rings is 2. The van der Waals surface area contributed by atoms with Crippen LogP contribution in [0, 0.1) is 0 Å². The van der Waals surface area contributed by atoms with Gasteiger partial charge in [0.1, 0.15) is 11.5 Å². The minimum absolute atomic E-state index is 0.113. The second kappa shape index (κ2) is 11.2. The maximum Gasteiger partial charge on any atom is 0.243 e. The molecule has 2 aromatic rings. The van der Waals surface area contributed by atoms with E-state index in [-0.39, 0.29) is 23.3 Å². The van der Waals surface area contributed by atoms with Crippen LogP contribution in [0.3, 0.4) is 0 Å². The van der Waals surface area contributed by atoms with Gasteiger partial charge in [-0.3, -0.25) is 4.79 Å². The van der Waals surface area contributed by atoms with Crippen molar-refractivity contribution in [1.29, 1.82) is 0 Å².